The van der Waals surface area contributed by atoms with Gasteiger partial charge in [0.05, 0.1) is 0 Å². The van der Waals surface area contributed by atoms with Crippen LogP contribution < -0.4 is 5.32 Å². The smallest absolute Gasteiger partial charge is 0.134 e. The molecule has 1 saturated carbocycles. The van der Waals surface area contributed by atoms with Crippen LogP contribution in [-0.2, 0) is 18.4 Å². The van der Waals surface area contributed by atoms with E-state index < -0.39 is 0 Å². The maximum Gasteiger partial charge on any atom is 0.134 e. The summed E-state index contributed by atoms with van der Waals surface area (Å²) in [6.45, 7) is 4.17. The minimum atomic E-state index is 0.285. The van der Waals surface area contributed by atoms with Crippen molar-refractivity contribution in [3.63, 3.8) is 0 Å². The first kappa shape index (κ1) is 9.48. The number of hydrogen-bond acceptors (Lipinski definition) is 3. The van der Waals surface area contributed by atoms with Gasteiger partial charge in [0, 0.05) is 36.2 Å². The normalized spacial score (nSPS) is 22.2. The number of rotatable bonds is 1. The summed E-state index contributed by atoms with van der Waals surface area (Å²) in [6, 6.07) is 0. The van der Waals surface area contributed by atoms with Gasteiger partial charge in [0.2, 0.25) is 0 Å². The van der Waals surface area contributed by atoms with E-state index in [9.17, 15) is 0 Å². The van der Waals surface area contributed by atoms with Crippen LogP contribution in [0.3, 0.4) is 0 Å². The summed E-state index contributed by atoms with van der Waals surface area (Å²) in [7, 11) is 0. The first-order chi connectivity index (χ1) is 7.19. The van der Waals surface area contributed by atoms with E-state index in [4.69, 9.17) is 12.2 Å². The third-order valence-electron chi connectivity index (χ3n) is 3.53. The summed E-state index contributed by atoms with van der Waals surface area (Å²) in [5.74, 6) is 1.10. The summed E-state index contributed by atoms with van der Waals surface area (Å²) in [5, 5.41) is 3.33. The Kier molecular flexibility index (Phi) is 1.97. The van der Waals surface area contributed by atoms with Gasteiger partial charge in [-0.05, 0) is 12.8 Å². The Balaban J connectivity index is 2.13. The van der Waals surface area contributed by atoms with Crippen LogP contribution in [0.25, 0.3) is 0 Å². The lowest BCUT2D eigenvalue weighted by molar-refractivity contribution is 0.603. The topological polar surface area (TPSA) is 40.7 Å². The Labute approximate surface area is 94.3 Å². The van der Waals surface area contributed by atoms with Crippen molar-refractivity contribution < 1.29 is 0 Å². The van der Waals surface area contributed by atoms with Crippen molar-refractivity contribution in [3.05, 3.63) is 21.7 Å². The Bertz CT molecular complexity index is 459. The molecule has 0 amide bonds. The molecule has 4 heteroatoms. The lowest BCUT2D eigenvalue weighted by Gasteiger charge is -2.19. The van der Waals surface area contributed by atoms with Crippen LogP contribution in [0, 0.1) is 4.64 Å². The van der Waals surface area contributed by atoms with Gasteiger partial charge in [-0.3, -0.25) is 0 Å². The zero-order valence-electron chi connectivity index (χ0n) is 8.89. The van der Waals surface area contributed by atoms with Crippen LogP contribution in [0.15, 0.2) is 0 Å². The summed E-state index contributed by atoms with van der Waals surface area (Å²) in [4.78, 5) is 8.03. The van der Waals surface area contributed by atoms with Crippen molar-refractivity contribution in [2.75, 3.05) is 6.54 Å². The van der Waals surface area contributed by atoms with Gasteiger partial charge < -0.3 is 10.3 Å². The zero-order valence-corrected chi connectivity index (χ0v) is 9.71. The fourth-order valence-corrected chi connectivity index (χ4v) is 2.36. The number of aromatic amines is 1. The van der Waals surface area contributed by atoms with Gasteiger partial charge in [0.1, 0.15) is 10.5 Å². The van der Waals surface area contributed by atoms with E-state index in [2.05, 4.69) is 22.2 Å². The van der Waals surface area contributed by atoms with Gasteiger partial charge in [-0.1, -0.05) is 19.1 Å². The molecular weight excluding hydrogens is 206 g/mol. The van der Waals surface area contributed by atoms with Crippen molar-refractivity contribution in [1.82, 2.24) is 15.3 Å². The molecule has 15 heavy (non-hydrogen) atoms. The fourth-order valence-electron chi connectivity index (χ4n) is 2.08. The van der Waals surface area contributed by atoms with Crippen molar-refractivity contribution in [2.45, 2.75) is 38.1 Å². The van der Waals surface area contributed by atoms with Crippen molar-refractivity contribution >= 4 is 12.2 Å². The van der Waals surface area contributed by atoms with Gasteiger partial charge >= 0.3 is 0 Å². The molecule has 2 heterocycles. The molecule has 3 nitrogen and oxygen atoms in total. The van der Waals surface area contributed by atoms with E-state index >= 15 is 0 Å². The third kappa shape index (κ3) is 1.52. The minimum Gasteiger partial charge on any atom is -0.346 e. The van der Waals surface area contributed by atoms with Gasteiger partial charge in [-0.2, -0.15) is 0 Å². The number of hydrogen-bond donors (Lipinski definition) is 2. The number of aromatic nitrogens is 2. The van der Waals surface area contributed by atoms with Gasteiger partial charge in [0.25, 0.3) is 0 Å². The number of fused-ring (bicyclic) bond motifs is 1. The van der Waals surface area contributed by atoms with E-state index in [1.807, 2.05) is 0 Å². The molecule has 1 aliphatic heterocycles. The minimum absolute atomic E-state index is 0.285. The lowest BCUT2D eigenvalue weighted by Crippen LogP contribution is -2.26. The average Bonchev–Trinajstić information content (AvgIpc) is 2.98. The highest BCUT2D eigenvalue weighted by Crippen LogP contribution is 2.46. The standard InChI is InChI=1S/C11H15N3S/c1-11(3-4-11)10-13-8-2-5-12-6-7(8)9(15)14-10/h12H,2-6H2,1H3,(H,13,14,15). The molecule has 3 rings (SSSR count). The molecule has 0 atom stereocenters. The molecule has 1 aromatic rings. The summed E-state index contributed by atoms with van der Waals surface area (Å²) in [5.41, 5.74) is 2.79. The molecule has 1 aliphatic carbocycles. The second-order valence-corrected chi connectivity index (χ2v) is 5.22. The predicted molar refractivity (Wildman–Crippen MR) is 61.4 cm³/mol. The van der Waals surface area contributed by atoms with Crippen LogP contribution in [-0.4, -0.2) is 16.5 Å². The molecular formula is C11H15N3S. The van der Waals surface area contributed by atoms with Crippen LogP contribution >= 0.6 is 12.2 Å². The second-order valence-electron chi connectivity index (χ2n) is 4.84. The highest BCUT2D eigenvalue weighted by Gasteiger charge is 2.41. The van der Waals surface area contributed by atoms with E-state index in [1.54, 1.807) is 0 Å². The monoisotopic (exact) mass is 221 g/mol. The molecule has 0 spiro atoms. The van der Waals surface area contributed by atoms with Crippen LogP contribution in [0.4, 0.5) is 0 Å². The Morgan fingerprint density at radius 3 is 2.93 bits per heavy atom. The maximum absolute atomic E-state index is 5.35. The van der Waals surface area contributed by atoms with E-state index in [-0.39, 0.29) is 5.41 Å². The number of nitrogens with one attached hydrogen (secondary N) is 2. The highest BCUT2D eigenvalue weighted by atomic mass is 32.1. The van der Waals surface area contributed by atoms with E-state index in [0.29, 0.717) is 0 Å². The van der Waals surface area contributed by atoms with Crippen LogP contribution in [0.1, 0.15) is 36.8 Å². The first-order valence-corrected chi connectivity index (χ1v) is 5.93. The zero-order chi connectivity index (χ0) is 10.5. The molecule has 0 saturated heterocycles. The van der Waals surface area contributed by atoms with E-state index in [0.717, 1.165) is 30.0 Å². The van der Waals surface area contributed by atoms with Crippen molar-refractivity contribution in [3.8, 4) is 0 Å². The van der Waals surface area contributed by atoms with Gasteiger partial charge in [-0.25, -0.2) is 4.98 Å². The molecule has 0 unspecified atom stereocenters. The Morgan fingerprint density at radius 2 is 2.20 bits per heavy atom. The Morgan fingerprint density at radius 1 is 1.40 bits per heavy atom. The molecule has 80 valence electrons. The van der Waals surface area contributed by atoms with Gasteiger partial charge in [-0.15, -0.1) is 0 Å². The summed E-state index contributed by atoms with van der Waals surface area (Å²) >= 11 is 5.35. The van der Waals surface area contributed by atoms with Crippen molar-refractivity contribution in [2.24, 2.45) is 0 Å². The van der Waals surface area contributed by atoms with Crippen LogP contribution in [0.2, 0.25) is 0 Å². The number of H-pyrrole nitrogens is 1. The van der Waals surface area contributed by atoms with E-state index in [1.165, 1.54) is 24.1 Å². The SMILES string of the molecule is CC1(c2nc(=S)c3c([nH]2)CCNC3)CC1. The number of nitrogens with zero attached hydrogens (tertiary/aromatic N) is 1. The Hall–Kier alpha value is -0.740. The van der Waals surface area contributed by atoms with Crippen LogP contribution in [0.5, 0.6) is 0 Å². The first-order valence-electron chi connectivity index (χ1n) is 5.52. The molecule has 2 aliphatic rings. The highest BCUT2D eigenvalue weighted by molar-refractivity contribution is 7.71. The second kappa shape index (κ2) is 3.12. The average molecular weight is 221 g/mol. The molecule has 0 aromatic carbocycles. The molecule has 0 bridgehead atoms. The van der Waals surface area contributed by atoms with Gasteiger partial charge in [0.15, 0.2) is 0 Å². The molecule has 0 radical (unpaired) electrons. The molecule has 1 fully saturated rings. The maximum atomic E-state index is 5.35. The lowest BCUT2D eigenvalue weighted by atomic mass is 10.1. The fraction of sp³-hybridized carbons (Fsp3) is 0.636. The summed E-state index contributed by atoms with van der Waals surface area (Å²) in [6.07, 6.45) is 3.52. The molecule has 1 aromatic heterocycles. The van der Waals surface area contributed by atoms with Crippen molar-refractivity contribution in [1.29, 1.82) is 0 Å². The third-order valence-corrected chi connectivity index (χ3v) is 3.87. The quantitative estimate of drug-likeness (QED) is 0.711. The largest absolute Gasteiger partial charge is 0.346 e. The predicted octanol–water partition coefficient (Wildman–Crippen LogP) is 1.84. The molecule has 2 N–H and O–H groups in total. The summed E-state index contributed by atoms with van der Waals surface area (Å²) < 4.78 is 0.791.